The Morgan fingerprint density at radius 2 is 0.923 bits per heavy atom. The maximum Gasteiger partial charge on any atom is 0.416 e. The molecule has 6 N–H and O–H groups in total. The van der Waals surface area contributed by atoms with Gasteiger partial charge >= 0.3 is 6.18 Å². The van der Waals surface area contributed by atoms with Gasteiger partial charge in [-0.2, -0.15) is 22.8 Å². The molecule has 0 bridgehead atoms. The first-order valence-electron chi connectivity index (χ1n) is 37.5. The molecule has 117 heavy (non-hydrogen) atoms. The van der Waals surface area contributed by atoms with E-state index < -0.39 is 73.2 Å². The van der Waals surface area contributed by atoms with Crippen molar-refractivity contribution < 1.29 is 102 Å². The minimum atomic E-state index is -4.48. The number of piperidine rings is 1. The summed E-state index contributed by atoms with van der Waals surface area (Å²) in [6, 6.07) is 37.8. The summed E-state index contributed by atoms with van der Waals surface area (Å²) in [4.78, 5) is 42.0. The first-order valence-corrected chi connectivity index (χ1v) is 42.0. The Morgan fingerprint density at radius 1 is 0.504 bits per heavy atom. The van der Waals surface area contributed by atoms with Crippen LogP contribution in [0.3, 0.4) is 0 Å². The van der Waals surface area contributed by atoms with Crippen molar-refractivity contribution in [2.75, 3.05) is 86.7 Å². The molecule has 0 saturated carbocycles. The number of benzene rings is 6. The van der Waals surface area contributed by atoms with E-state index in [1.807, 2.05) is 41.3 Å². The van der Waals surface area contributed by atoms with E-state index >= 15 is 0 Å². The number of aryl methyl sites for hydroxylation is 4. The van der Waals surface area contributed by atoms with E-state index in [1.165, 1.54) is 104 Å². The van der Waals surface area contributed by atoms with Crippen LogP contribution < -0.4 is 35.4 Å². The zero-order valence-electron chi connectivity index (χ0n) is 64.7. The zero-order chi connectivity index (χ0) is 83.9. The maximum atomic E-state index is 13.6. The van der Waals surface area contributed by atoms with E-state index in [1.54, 1.807) is 31.0 Å². The number of aromatic nitrogens is 12. The number of amides is 3. The predicted octanol–water partition coefficient (Wildman–Crippen LogP) is 7.46. The number of halogens is 3. The summed E-state index contributed by atoms with van der Waals surface area (Å²) >= 11 is 0. The average Bonchev–Trinajstić information content (AvgIpc) is 1.65. The highest BCUT2D eigenvalue weighted by Gasteiger charge is 2.55. The van der Waals surface area contributed by atoms with Crippen molar-refractivity contribution in [3.8, 4) is 57.2 Å². The molecule has 3 aliphatic rings. The van der Waals surface area contributed by atoms with Crippen LogP contribution in [0.1, 0.15) is 89.2 Å². The van der Waals surface area contributed by atoms with Crippen LogP contribution >= 0.6 is 0 Å². The third-order valence-corrected chi connectivity index (χ3v) is 27.7. The fraction of sp³-hybridized carbons (Fsp3) is 0.447. The summed E-state index contributed by atoms with van der Waals surface area (Å²) in [7, 11) is -9.15. The highest BCUT2D eigenvalue weighted by atomic mass is 32.2. The fourth-order valence-electron chi connectivity index (χ4n) is 13.3. The van der Waals surface area contributed by atoms with Gasteiger partial charge in [0, 0.05) is 95.7 Å². The number of methoxy groups -OCH3 is 2. The summed E-state index contributed by atoms with van der Waals surface area (Å²) in [6.07, 6.45) is -0.787. The standard InChI is InChI=1S/C27H35N5O6S.C26H31F3N6O6S.C23H27N5O7S/c1-20(2)4-5-21-6-8-22(9-7-21)25-28-31-32(29-25)16-3-17-38-23-10-12-24(13-11-23)39(35,36)27(26(33)30-34)14-18-37-19-15-27;1-40-17-15-34-13-10-25(11-14-34,24(36)32-37)42(38,39)22-8-6-21(7-9-22)41-16-3-12-35-31-23(30-33-35)19-4-2-5-20(18-19)26(27,28)29;1-33-18-5-3-17(4-6-18)21-24-26-27-28(21)13-2-14-35-19-7-9-20(10-8-19)36(31,32)23(22(29)25-30)11-15-34-16-12-23/h6-13,20,34H,3-5,14-19H2,1-2H3,(H,30,33);2,4-9,18,37H,3,10-17H2,1H3,(H,32,36);3-10,30H,2,11-16H2,1H3,(H,25,29). The zero-order valence-corrected chi connectivity index (χ0v) is 67.1. The van der Waals surface area contributed by atoms with Crippen molar-refractivity contribution in [2.45, 2.75) is 139 Å². The number of ether oxygens (including phenoxy) is 7. The highest BCUT2D eigenvalue weighted by Crippen LogP contribution is 2.40. The van der Waals surface area contributed by atoms with Gasteiger partial charge in [0.1, 0.15) is 23.0 Å². The molecule has 0 radical (unpaired) electrons. The number of nitrogens with one attached hydrogen (secondary N) is 3. The molecular formula is C76H93F3N16O19S3. The van der Waals surface area contributed by atoms with Gasteiger partial charge in [-0.05, 0) is 193 Å². The Bertz CT molecular complexity index is 5070. The summed E-state index contributed by atoms with van der Waals surface area (Å²) < 4.78 is 154. The molecule has 0 spiro atoms. The summed E-state index contributed by atoms with van der Waals surface area (Å²) in [5.41, 5.74) is 7.02. The predicted molar refractivity (Wildman–Crippen MR) is 411 cm³/mol. The Labute approximate surface area is 673 Å². The van der Waals surface area contributed by atoms with Crippen molar-refractivity contribution in [2.24, 2.45) is 5.92 Å². The van der Waals surface area contributed by atoms with Gasteiger partial charge in [-0.3, -0.25) is 30.0 Å². The van der Waals surface area contributed by atoms with Gasteiger partial charge in [-0.1, -0.05) is 50.2 Å². The van der Waals surface area contributed by atoms with Crippen LogP contribution in [-0.2, 0) is 90.3 Å². The van der Waals surface area contributed by atoms with E-state index in [0.717, 1.165) is 41.9 Å². The molecule has 3 aliphatic heterocycles. The second kappa shape index (κ2) is 40.6. The van der Waals surface area contributed by atoms with Crippen molar-refractivity contribution in [3.05, 3.63) is 157 Å². The number of carbonyl (C=O) groups is 3. The van der Waals surface area contributed by atoms with Crippen LogP contribution in [-0.4, -0.2) is 225 Å². The number of rotatable bonds is 34. The number of hydrogen-bond donors (Lipinski definition) is 6. The SMILES string of the molecule is CC(C)CCc1ccc(-c2nnn(CCCOc3ccc(S(=O)(=O)C4(C(=O)NO)CCOCC4)cc3)n2)cc1.COCCN1CCC(C(=O)NO)(S(=O)(=O)c2ccc(OCCCn3nnc(-c4cccc(C(F)(F)F)c4)n3)cc2)CC1.COc1ccc(-c2nnnn2CCCOc2ccc(S(=O)(=O)C3(C(=O)NO)CCOCC3)cc2)cc1. The molecule has 0 unspecified atom stereocenters. The van der Waals surface area contributed by atoms with Gasteiger partial charge in [0.2, 0.25) is 11.6 Å². The smallest absolute Gasteiger partial charge is 0.416 e. The molecule has 6 heterocycles. The first kappa shape index (κ1) is 88.9. The number of sulfone groups is 3. The summed E-state index contributed by atoms with van der Waals surface area (Å²) in [5, 5.41) is 64.1. The lowest BCUT2D eigenvalue weighted by molar-refractivity contribution is -0.137. The summed E-state index contributed by atoms with van der Waals surface area (Å²) in [6.45, 7) is 8.86. The van der Waals surface area contributed by atoms with Crippen LogP contribution in [0, 0.1) is 5.92 Å². The molecule has 41 heteroatoms. The Kier molecular flexibility index (Phi) is 30.8. The van der Waals surface area contributed by atoms with E-state index in [4.69, 9.17) is 38.4 Å². The number of carbonyl (C=O) groups excluding carboxylic acids is 3. The monoisotopic (exact) mass is 1690 g/mol. The molecule has 35 nitrogen and oxygen atoms in total. The molecule has 3 aromatic heterocycles. The van der Waals surface area contributed by atoms with Gasteiger partial charge in [0.05, 0.1) is 66.9 Å². The first-order chi connectivity index (χ1) is 56.2. The lowest BCUT2D eigenvalue weighted by Crippen LogP contribution is -2.57. The molecule has 3 fully saturated rings. The van der Waals surface area contributed by atoms with Crippen LogP contribution in [0.4, 0.5) is 13.2 Å². The minimum Gasteiger partial charge on any atom is -0.497 e. The van der Waals surface area contributed by atoms with Gasteiger partial charge in [0.25, 0.3) is 17.7 Å². The largest absolute Gasteiger partial charge is 0.497 e. The third kappa shape index (κ3) is 21.6. The van der Waals surface area contributed by atoms with Crippen molar-refractivity contribution in [3.63, 3.8) is 0 Å². The van der Waals surface area contributed by atoms with Crippen LogP contribution in [0.25, 0.3) is 34.2 Å². The molecule has 6 aromatic carbocycles. The normalized spacial score (nSPS) is 15.5. The molecule has 9 aromatic rings. The number of alkyl halides is 3. The highest BCUT2D eigenvalue weighted by molar-refractivity contribution is 7.94. The summed E-state index contributed by atoms with van der Waals surface area (Å²) in [5.74, 6) is 1.16. The van der Waals surface area contributed by atoms with Crippen LogP contribution in [0.2, 0.25) is 0 Å². The maximum absolute atomic E-state index is 13.6. The number of tetrazole rings is 3. The van der Waals surface area contributed by atoms with Gasteiger partial charge in [-0.15, -0.1) is 25.5 Å². The number of likely N-dealkylation sites (tertiary alicyclic amines) is 1. The molecule has 630 valence electrons. The van der Waals surface area contributed by atoms with E-state index in [0.29, 0.717) is 107 Å². The molecule has 12 rings (SSSR count). The lowest BCUT2D eigenvalue weighted by Gasteiger charge is -2.39. The molecule has 3 saturated heterocycles. The van der Waals surface area contributed by atoms with E-state index in [9.17, 15) is 63.2 Å². The Hall–Kier alpha value is -10.5. The third-order valence-electron chi connectivity index (χ3n) is 20.1. The van der Waals surface area contributed by atoms with E-state index in [-0.39, 0.29) is 104 Å². The Balaban J connectivity index is 0.000000186. The quantitative estimate of drug-likeness (QED) is 0.0129. The molecule has 3 amide bonds. The number of hydroxylamine groups is 3. The minimum absolute atomic E-state index is 0.00942. The van der Waals surface area contributed by atoms with Crippen LogP contribution in [0.15, 0.2) is 160 Å². The molecule has 0 aliphatic carbocycles. The Morgan fingerprint density at radius 3 is 1.34 bits per heavy atom. The van der Waals surface area contributed by atoms with Crippen molar-refractivity contribution in [1.29, 1.82) is 0 Å². The van der Waals surface area contributed by atoms with Crippen molar-refractivity contribution >= 4 is 47.2 Å². The fourth-order valence-corrected chi connectivity index (χ4v) is 19.1. The number of nitrogens with zero attached hydrogens (tertiary/aromatic N) is 13. The molecule has 0 atom stereocenters. The van der Waals surface area contributed by atoms with Crippen LogP contribution in [0.5, 0.6) is 23.0 Å². The van der Waals surface area contributed by atoms with E-state index in [2.05, 4.69) is 72.3 Å². The average molecular weight is 1690 g/mol. The van der Waals surface area contributed by atoms with Gasteiger partial charge in [-0.25, -0.2) is 46.4 Å². The molecular weight excluding hydrogens is 1590 g/mol. The lowest BCUT2D eigenvalue weighted by atomic mass is 9.95. The topological polar surface area (TPSA) is 449 Å². The van der Waals surface area contributed by atoms with Gasteiger partial charge in [0.15, 0.2) is 49.6 Å². The van der Waals surface area contributed by atoms with Crippen molar-refractivity contribution in [1.82, 2.24) is 82.0 Å². The second-order valence-corrected chi connectivity index (χ2v) is 34.8. The van der Waals surface area contributed by atoms with Gasteiger partial charge < -0.3 is 38.1 Å². The second-order valence-electron chi connectivity index (χ2n) is 28.0. The number of hydrogen-bond acceptors (Lipinski definition) is 29.